The molecule has 3 N–H and O–H groups in total. The number of thioether (sulfide) groups is 1. The summed E-state index contributed by atoms with van der Waals surface area (Å²) in [4.78, 5) is 34.7. The van der Waals surface area contributed by atoms with Gasteiger partial charge in [0.15, 0.2) is 0 Å². The van der Waals surface area contributed by atoms with E-state index in [4.69, 9.17) is 5.11 Å². The Morgan fingerprint density at radius 2 is 1.81 bits per heavy atom. The van der Waals surface area contributed by atoms with Gasteiger partial charge in [-0.2, -0.15) is 0 Å². The molecule has 0 heterocycles. The van der Waals surface area contributed by atoms with Gasteiger partial charge in [-0.25, -0.2) is 0 Å². The lowest BCUT2D eigenvalue weighted by Crippen LogP contribution is -2.38. The van der Waals surface area contributed by atoms with Crippen LogP contribution in [0.1, 0.15) is 28.4 Å². The molecule has 0 fully saturated rings. The van der Waals surface area contributed by atoms with E-state index in [2.05, 4.69) is 16.7 Å². The van der Waals surface area contributed by atoms with Gasteiger partial charge >= 0.3 is 5.97 Å². The number of hydrogen-bond donors (Lipinski definition) is 3. The number of nitrogens with one attached hydrogen (secondary N) is 2. The zero-order valence-electron chi connectivity index (χ0n) is 15.2. The lowest BCUT2D eigenvalue weighted by Gasteiger charge is -2.10. The molecule has 0 aliphatic rings. The van der Waals surface area contributed by atoms with Crippen molar-refractivity contribution in [1.29, 1.82) is 0 Å². The molecule has 7 heteroatoms. The first-order valence-electron chi connectivity index (χ1n) is 8.42. The second kappa shape index (κ2) is 9.78. The SMILES string of the molecule is Cc1cccc(CSCC(=O)Nc2ccc(C(=O)NC(C)C(=O)O)cc2)c1. The molecule has 2 aromatic carbocycles. The molecular weight excluding hydrogens is 364 g/mol. The second-order valence-electron chi connectivity index (χ2n) is 6.14. The van der Waals surface area contributed by atoms with Crippen molar-refractivity contribution in [2.24, 2.45) is 0 Å². The van der Waals surface area contributed by atoms with Gasteiger partial charge in [0.05, 0.1) is 5.75 Å². The summed E-state index contributed by atoms with van der Waals surface area (Å²) in [5.74, 6) is -0.612. The van der Waals surface area contributed by atoms with Crippen LogP contribution in [0.15, 0.2) is 48.5 Å². The third kappa shape index (κ3) is 6.79. The summed E-state index contributed by atoms with van der Waals surface area (Å²) in [7, 11) is 0. The molecule has 0 spiro atoms. The van der Waals surface area contributed by atoms with Crippen LogP contribution >= 0.6 is 11.8 Å². The Balaban J connectivity index is 1.80. The van der Waals surface area contributed by atoms with Crippen molar-refractivity contribution in [2.45, 2.75) is 25.6 Å². The topological polar surface area (TPSA) is 95.5 Å². The van der Waals surface area contributed by atoms with Crippen LogP contribution in [-0.4, -0.2) is 34.7 Å². The lowest BCUT2D eigenvalue weighted by molar-refractivity contribution is -0.138. The Morgan fingerprint density at radius 1 is 1.11 bits per heavy atom. The molecule has 0 saturated heterocycles. The molecule has 0 aliphatic carbocycles. The van der Waals surface area contributed by atoms with Gasteiger partial charge in [-0.3, -0.25) is 14.4 Å². The number of carboxylic acid groups (broad SMARTS) is 1. The molecule has 0 aromatic heterocycles. The fraction of sp³-hybridized carbons (Fsp3) is 0.250. The summed E-state index contributed by atoms with van der Waals surface area (Å²) in [5, 5.41) is 14.0. The van der Waals surface area contributed by atoms with E-state index in [1.54, 1.807) is 24.3 Å². The maximum Gasteiger partial charge on any atom is 0.325 e. The van der Waals surface area contributed by atoms with Crippen LogP contribution in [0, 0.1) is 6.92 Å². The van der Waals surface area contributed by atoms with E-state index >= 15 is 0 Å². The maximum absolute atomic E-state index is 12.0. The lowest BCUT2D eigenvalue weighted by atomic mass is 10.2. The zero-order valence-corrected chi connectivity index (χ0v) is 16.0. The average molecular weight is 386 g/mol. The van der Waals surface area contributed by atoms with Gasteiger partial charge in [-0.15, -0.1) is 11.8 Å². The average Bonchev–Trinajstić information content (AvgIpc) is 2.62. The van der Waals surface area contributed by atoms with E-state index in [9.17, 15) is 14.4 Å². The Bertz CT molecular complexity index is 821. The van der Waals surface area contributed by atoms with Crippen molar-refractivity contribution in [2.75, 3.05) is 11.1 Å². The first-order chi connectivity index (χ1) is 12.8. The number of carbonyl (C=O) groups is 3. The Labute approximate surface area is 162 Å². The number of amides is 2. The monoisotopic (exact) mass is 386 g/mol. The Hall–Kier alpha value is -2.80. The van der Waals surface area contributed by atoms with Gasteiger partial charge in [0.1, 0.15) is 6.04 Å². The molecule has 0 aliphatic heterocycles. The number of carboxylic acids is 1. The first kappa shape index (κ1) is 20.5. The molecule has 27 heavy (non-hydrogen) atoms. The quantitative estimate of drug-likeness (QED) is 0.648. The van der Waals surface area contributed by atoms with Crippen LogP contribution in [-0.2, 0) is 15.3 Å². The molecule has 1 atom stereocenters. The minimum Gasteiger partial charge on any atom is -0.480 e. The molecule has 2 amide bonds. The zero-order chi connectivity index (χ0) is 19.8. The first-order valence-corrected chi connectivity index (χ1v) is 9.57. The van der Waals surface area contributed by atoms with E-state index in [1.165, 1.54) is 29.8 Å². The highest BCUT2D eigenvalue weighted by molar-refractivity contribution is 7.99. The fourth-order valence-electron chi connectivity index (χ4n) is 2.31. The van der Waals surface area contributed by atoms with E-state index in [0.29, 0.717) is 17.0 Å². The number of rotatable bonds is 8. The highest BCUT2D eigenvalue weighted by atomic mass is 32.2. The third-order valence-electron chi connectivity index (χ3n) is 3.73. The van der Waals surface area contributed by atoms with E-state index < -0.39 is 17.9 Å². The molecule has 6 nitrogen and oxygen atoms in total. The highest BCUT2D eigenvalue weighted by Gasteiger charge is 2.15. The highest BCUT2D eigenvalue weighted by Crippen LogP contribution is 2.15. The van der Waals surface area contributed by atoms with Crippen LogP contribution in [0.25, 0.3) is 0 Å². The number of aliphatic carboxylic acids is 1. The van der Waals surface area contributed by atoms with Gasteiger partial charge < -0.3 is 15.7 Å². The summed E-state index contributed by atoms with van der Waals surface area (Å²) in [6.07, 6.45) is 0. The van der Waals surface area contributed by atoms with E-state index in [-0.39, 0.29) is 5.91 Å². The van der Waals surface area contributed by atoms with Gasteiger partial charge in [-0.05, 0) is 43.7 Å². The van der Waals surface area contributed by atoms with Gasteiger partial charge in [-0.1, -0.05) is 29.8 Å². The van der Waals surface area contributed by atoms with Crippen LogP contribution < -0.4 is 10.6 Å². The molecule has 0 saturated carbocycles. The molecule has 0 radical (unpaired) electrons. The molecule has 2 aromatic rings. The molecule has 2 rings (SSSR count). The Kier molecular flexibility index (Phi) is 7.43. The molecule has 142 valence electrons. The summed E-state index contributed by atoms with van der Waals surface area (Å²) in [6.45, 7) is 3.43. The smallest absolute Gasteiger partial charge is 0.325 e. The van der Waals surface area contributed by atoms with E-state index in [0.717, 1.165) is 5.75 Å². The minimum atomic E-state index is -1.10. The minimum absolute atomic E-state index is 0.121. The summed E-state index contributed by atoms with van der Waals surface area (Å²) >= 11 is 1.53. The Morgan fingerprint density at radius 3 is 2.44 bits per heavy atom. The summed E-state index contributed by atoms with van der Waals surface area (Å²) in [5.41, 5.74) is 3.28. The standard InChI is InChI=1S/C20H22N2O4S/c1-13-4-3-5-15(10-13)11-27-12-18(23)22-17-8-6-16(7-9-17)19(24)21-14(2)20(25)26/h3-10,14H,11-12H2,1-2H3,(H,21,24)(H,22,23)(H,25,26). The van der Waals surface area contributed by atoms with Crippen molar-refractivity contribution >= 4 is 35.2 Å². The largest absolute Gasteiger partial charge is 0.480 e. The van der Waals surface area contributed by atoms with Crippen LogP contribution in [0.3, 0.4) is 0 Å². The normalized spacial score (nSPS) is 11.5. The molecule has 1 unspecified atom stereocenters. The van der Waals surface area contributed by atoms with Crippen molar-refractivity contribution in [3.8, 4) is 0 Å². The van der Waals surface area contributed by atoms with Crippen LogP contribution in [0.2, 0.25) is 0 Å². The number of hydrogen-bond acceptors (Lipinski definition) is 4. The number of anilines is 1. The number of benzene rings is 2. The van der Waals surface area contributed by atoms with E-state index in [1.807, 2.05) is 25.1 Å². The van der Waals surface area contributed by atoms with Crippen molar-refractivity contribution in [1.82, 2.24) is 5.32 Å². The molecule has 0 bridgehead atoms. The van der Waals surface area contributed by atoms with Crippen molar-refractivity contribution < 1.29 is 19.5 Å². The summed E-state index contributed by atoms with van der Waals surface area (Å²) < 4.78 is 0. The number of aryl methyl sites for hydroxylation is 1. The van der Waals surface area contributed by atoms with Crippen molar-refractivity contribution in [3.05, 3.63) is 65.2 Å². The van der Waals surface area contributed by atoms with Gasteiger partial charge in [0.25, 0.3) is 5.91 Å². The van der Waals surface area contributed by atoms with Crippen LogP contribution in [0.4, 0.5) is 5.69 Å². The maximum atomic E-state index is 12.0. The summed E-state index contributed by atoms with van der Waals surface area (Å²) in [6, 6.07) is 13.5. The predicted octanol–water partition coefficient (Wildman–Crippen LogP) is 3.07. The number of carbonyl (C=O) groups excluding carboxylic acids is 2. The predicted molar refractivity (Wildman–Crippen MR) is 107 cm³/mol. The van der Waals surface area contributed by atoms with Gasteiger partial charge in [0.2, 0.25) is 5.91 Å². The van der Waals surface area contributed by atoms with Crippen molar-refractivity contribution in [3.63, 3.8) is 0 Å². The van der Waals surface area contributed by atoms with Crippen LogP contribution in [0.5, 0.6) is 0 Å². The second-order valence-corrected chi connectivity index (χ2v) is 7.13. The molecular formula is C20H22N2O4S. The fourth-order valence-corrected chi connectivity index (χ4v) is 3.08. The third-order valence-corrected chi connectivity index (χ3v) is 4.74. The van der Waals surface area contributed by atoms with Gasteiger partial charge in [0, 0.05) is 17.0 Å².